The number of rotatable bonds is 7. The standard InChI is InChI=1S/C14H21NO3S/c1-14(2,3)12-6-5-11(19-12)8-10(15-9-16)4-7-13(17)18/h5-6,9-10H,4,7-8H2,1-3H3,(H,15,16)(H,17,18). The molecule has 0 aliphatic carbocycles. The summed E-state index contributed by atoms with van der Waals surface area (Å²) < 4.78 is 0. The van der Waals surface area contributed by atoms with Crippen molar-refractivity contribution in [3.8, 4) is 0 Å². The molecule has 0 spiro atoms. The van der Waals surface area contributed by atoms with E-state index in [1.165, 1.54) is 9.75 Å². The van der Waals surface area contributed by atoms with Crippen LogP contribution in [0.15, 0.2) is 12.1 Å². The summed E-state index contributed by atoms with van der Waals surface area (Å²) >= 11 is 1.72. The first-order chi connectivity index (χ1) is 8.82. The fraction of sp³-hybridized carbons (Fsp3) is 0.571. The number of carbonyl (C=O) groups excluding carboxylic acids is 1. The lowest BCUT2D eigenvalue weighted by Gasteiger charge is -2.16. The number of aliphatic carboxylic acids is 1. The summed E-state index contributed by atoms with van der Waals surface area (Å²) in [5.41, 5.74) is 0.123. The molecule has 2 N–H and O–H groups in total. The van der Waals surface area contributed by atoms with Crippen molar-refractivity contribution in [3.05, 3.63) is 21.9 Å². The van der Waals surface area contributed by atoms with E-state index in [2.05, 4.69) is 38.2 Å². The van der Waals surface area contributed by atoms with Crippen LogP contribution < -0.4 is 5.32 Å². The van der Waals surface area contributed by atoms with Crippen molar-refractivity contribution >= 4 is 23.7 Å². The molecule has 0 aliphatic heterocycles. The second-order valence-electron chi connectivity index (χ2n) is 5.63. The molecule has 1 amide bonds. The average molecular weight is 283 g/mol. The zero-order valence-electron chi connectivity index (χ0n) is 11.6. The van der Waals surface area contributed by atoms with Crippen molar-refractivity contribution in [2.45, 2.75) is 51.5 Å². The van der Waals surface area contributed by atoms with Gasteiger partial charge in [0.25, 0.3) is 0 Å². The van der Waals surface area contributed by atoms with Gasteiger partial charge in [-0.15, -0.1) is 11.3 Å². The number of carboxylic acid groups (broad SMARTS) is 1. The van der Waals surface area contributed by atoms with E-state index in [9.17, 15) is 9.59 Å². The van der Waals surface area contributed by atoms with E-state index in [-0.39, 0.29) is 17.9 Å². The zero-order chi connectivity index (χ0) is 14.5. The maximum atomic E-state index is 10.6. The lowest BCUT2D eigenvalue weighted by molar-refractivity contribution is -0.137. The largest absolute Gasteiger partial charge is 0.481 e. The Morgan fingerprint density at radius 1 is 1.47 bits per heavy atom. The van der Waals surface area contributed by atoms with Gasteiger partial charge >= 0.3 is 5.97 Å². The van der Waals surface area contributed by atoms with Crippen molar-refractivity contribution in [2.75, 3.05) is 0 Å². The molecular formula is C14H21NO3S. The molecule has 1 unspecified atom stereocenters. The number of carbonyl (C=O) groups is 2. The van der Waals surface area contributed by atoms with Crippen molar-refractivity contribution in [2.24, 2.45) is 0 Å². The minimum absolute atomic E-state index is 0.0724. The van der Waals surface area contributed by atoms with Crippen molar-refractivity contribution in [3.63, 3.8) is 0 Å². The minimum Gasteiger partial charge on any atom is -0.481 e. The summed E-state index contributed by atoms with van der Waals surface area (Å²) in [7, 11) is 0. The van der Waals surface area contributed by atoms with Gasteiger partial charge in [0.2, 0.25) is 6.41 Å². The first-order valence-electron chi connectivity index (χ1n) is 6.33. The highest BCUT2D eigenvalue weighted by Gasteiger charge is 2.18. The minimum atomic E-state index is -0.834. The molecule has 1 rings (SSSR count). The molecule has 1 aromatic heterocycles. The second kappa shape index (κ2) is 6.70. The molecule has 0 radical (unpaired) electrons. The molecule has 0 aromatic carbocycles. The van der Waals surface area contributed by atoms with E-state index in [1.807, 2.05) is 0 Å². The molecule has 0 fully saturated rings. The van der Waals surface area contributed by atoms with E-state index in [4.69, 9.17) is 5.11 Å². The average Bonchev–Trinajstić information content (AvgIpc) is 2.74. The number of carboxylic acids is 1. The smallest absolute Gasteiger partial charge is 0.303 e. The second-order valence-corrected chi connectivity index (χ2v) is 6.80. The molecule has 106 valence electrons. The van der Waals surface area contributed by atoms with Gasteiger partial charge in [-0.3, -0.25) is 9.59 Å². The molecule has 5 heteroatoms. The highest BCUT2D eigenvalue weighted by molar-refractivity contribution is 7.12. The van der Waals surface area contributed by atoms with E-state index < -0.39 is 5.97 Å². The molecule has 0 aliphatic rings. The molecule has 0 bridgehead atoms. The Bertz CT molecular complexity index is 434. The van der Waals surface area contributed by atoms with Crippen LogP contribution in [0.5, 0.6) is 0 Å². The van der Waals surface area contributed by atoms with Crippen molar-refractivity contribution in [1.82, 2.24) is 5.32 Å². The van der Waals surface area contributed by atoms with Crippen molar-refractivity contribution < 1.29 is 14.7 Å². The summed E-state index contributed by atoms with van der Waals surface area (Å²) in [6, 6.07) is 4.06. The molecule has 0 saturated carbocycles. The Morgan fingerprint density at radius 2 is 2.16 bits per heavy atom. The molecule has 0 saturated heterocycles. The monoisotopic (exact) mass is 283 g/mol. The lowest BCUT2D eigenvalue weighted by atomic mass is 9.95. The van der Waals surface area contributed by atoms with Gasteiger partial charge in [0.1, 0.15) is 0 Å². The SMILES string of the molecule is CC(C)(C)c1ccc(CC(CCC(=O)O)NC=O)s1. The number of amides is 1. The van der Waals surface area contributed by atoms with Gasteiger partial charge in [0.05, 0.1) is 0 Å². The normalized spacial score (nSPS) is 13.0. The predicted octanol–water partition coefficient (Wildman–Crippen LogP) is 2.57. The Hall–Kier alpha value is -1.36. The molecule has 1 heterocycles. The summed E-state index contributed by atoms with van der Waals surface area (Å²) in [6.07, 6.45) is 1.86. The molecular weight excluding hydrogens is 262 g/mol. The summed E-state index contributed by atoms with van der Waals surface area (Å²) in [4.78, 5) is 23.6. The first kappa shape index (κ1) is 15.7. The third-order valence-electron chi connectivity index (χ3n) is 2.86. The third kappa shape index (κ3) is 5.42. The molecule has 19 heavy (non-hydrogen) atoms. The van der Waals surface area contributed by atoms with Crippen LogP contribution in [0.3, 0.4) is 0 Å². The van der Waals surface area contributed by atoms with Gasteiger partial charge in [0.15, 0.2) is 0 Å². The summed E-state index contributed by atoms with van der Waals surface area (Å²) in [5, 5.41) is 11.4. The number of nitrogens with one attached hydrogen (secondary N) is 1. The number of hydrogen-bond donors (Lipinski definition) is 2. The van der Waals surface area contributed by atoms with Crippen LogP contribution in [-0.4, -0.2) is 23.5 Å². The van der Waals surface area contributed by atoms with E-state index in [1.54, 1.807) is 11.3 Å². The van der Waals surface area contributed by atoms with Crippen LogP contribution in [-0.2, 0) is 21.4 Å². The van der Waals surface area contributed by atoms with Crippen LogP contribution in [0.4, 0.5) is 0 Å². The number of thiophene rings is 1. The zero-order valence-corrected chi connectivity index (χ0v) is 12.4. The first-order valence-corrected chi connectivity index (χ1v) is 7.15. The Morgan fingerprint density at radius 3 is 2.63 bits per heavy atom. The maximum absolute atomic E-state index is 10.6. The highest BCUT2D eigenvalue weighted by atomic mass is 32.1. The van der Waals surface area contributed by atoms with Gasteiger partial charge in [-0.1, -0.05) is 20.8 Å². The van der Waals surface area contributed by atoms with Crippen LogP contribution in [0.25, 0.3) is 0 Å². The Labute approximate surface area is 117 Å². The van der Waals surface area contributed by atoms with Gasteiger partial charge in [0, 0.05) is 28.6 Å². The van der Waals surface area contributed by atoms with E-state index in [0.29, 0.717) is 19.3 Å². The maximum Gasteiger partial charge on any atom is 0.303 e. The van der Waals surface area contributed by atoms with Crippen molar-refractivity contribution in [1.29, 1.82) is 0 Å². The quantitative estimate of drug-likeness (QED) is 0.756. The fourth-order valence-electron chi connectivity index (χ4n) is 1.77. The van der Waals surface area contributed by atoms with E-state index in [0.717, 1.165) is 0 Å². The topological polar surface area (TPSA) is 66.4 Å². The fourth-order valence-corrected chi connectivity index (χ4v) is 2.92. The van der Waals surface area contributed by atoms with Gasteiger partial charge in [-0.05, 0) is 24.0 Å². The highest BCUT2D eigenvalue weighted by Crippen LogP contribution is 2.30. The van der Waals surface area contributed by atoms with Gasteiger partial charge < -0.3 is 10.4 Å². The summed E-state index contributed by atoms with van der Waals surface area (Å²) in [6.45, 7) is 6.48. The van der Waals surface area contributed by atoms with E-state index >= 15 is 0 Å². The van der Waals surface area contributed by atoms with Gasteiger partial charge in [-0.25, -0.2) is 0 Å². The van der Waals surface area contributed by atoms with Crippen LogP contribution in [0.1, 0.15) is 43.4 Å². The molecule has 1 aromatic rings. The molecule has 1 atom stereocenters. The lowest BCUT2D eigenvalue weighted by Crippen LogP contribution is -2.30. The molecule has 4 nitrogen and oxygen atoms in total. The van der Waals surface area contributed by atoms with Gasteiger partial charge in [-0.2, -0.15) is 0 Å². The Kier molecular flexibility index (Phi) is 5.54. The third-order valence-corrected chi connectivity index (χ3v) is 4.39. The number of hydrogen-bond acceptors (Lipinski definition) is 3. The predicted molar refractivity (Wildman–Crippen MR) is 76.6 cm³/mol. The Balaban J connectivity index is 2.65. The van der Waals surface area contributed by atoms with Crippen LogP contribution >= 0.6 is 11.3 Å². The summed E-state index contributed by atoms with van der Waals surface area (Å²) in [5.74, 6) is -0.834. The van der Waals surface area contributed by atoms with Crippen LogP contribution in [0.2, 0.25) is 0 Å². The van der Waals surface area contributed by atoms with Crippen LogP contribution in [0, 0.1) is 0 Å².